The molecule has 0 N–H and O–H groups in total. The van der Waals surface area contributed by atoms with Crippen LogP contribution in [-0.4, -0.2) is 48.4 Å². The molecular weight excluding hydrogens is 457 g/mol. The van der Waals surface area contributed by atoms with Crippen LogP contribution in [0.2, 0.25) is 115 Å². The summed E-state index contributed by atoms with van der Waals surface area (Å²) in [7, 11) is -8.64. The monoisotopic (exact) mass is 504 g/mol. The van der Waals surface area contributed by atoms with Crippen molar-refractivity contribution in [1.29, 1.82) is 0 Å². The largest absolute Gasteiger partial charge is 0.131 e. The lowest BCUT2D eigenvalue weighted by Crippen LogP contribution is -2.47. The Bertz CT molecular complexity index is 811. The van der Waals surface area contributed by atoms with Gasteiger partial charge in [-0.25, -0.2) is 0 Å². The summed E-state index contributed by atoms with van der Waals surface area (Å²) in [6, 6.07) is 8.95. The zero-order valence-electron chi connectivity index (χ0n) is 22.2. The van der Waals surface area contributed by atoms with Crippen LogP contribution in [0, 0.1) is 0 Å². The van der Waals surface area contributed by atoms with E-state index in [9.17, 15) is 0 Å². The molecule has 0 radical (unpaired) electrons. The first-order valence-corrected chi connectivity index (χ1v) is 31.6. The van der Waals surface area contributed by atoms with Crippen LogP contribution in [-0.2, 0) is 0 Å². The van der Waals surface area contributed by atoms with Gasteiger partial charge in [0.2, 0.25) is 0 Å². The van der Waals surface area contributed by atoms with Crippen molar-refractivity contribution in [2.75, 3.05) is 0 Å². The molecule has 0 aromatic carbocycles. The lowest BCUT2D eigenvalue weighted by molar-refractivity contribution is 1.25. The van der Waals surface area contributed by atoms with Gasteiger partial charge in [-0.05, 0) is 10.4 Å². The third-order valence-electron chi connectivity index (χ3n) is 8.94. The summed E-state index contributed by atoms with van der Waals surface area (Å²) in [5, 5.41) is 3.53. The van der Waals surface area contributed by atoms with Gasteiger partial charge < -0.3 is 0 Å². The number of rotatable bonds is 0. The molecule has 3 heterocycles. The molecule has 3 aliphatic rings. The third-order valence-corrected chi connectivity index (χ3v) is 37.2. The van der Waals surface area contributed by atoms with Gasteiger partial charge in [-0.2, -0.15) is 0 Å². The molecule has 0 spiro atoms. The van der Waals surface area contributed by atoms with Gasteiger partial charge in [0, 0.05) is 0 Å². The van der Waals surface area contributed by atoms with E-state index in [-0.39, 0.29) is 0 Å². The first-order valence-electron chi connectivity index (χ1n) is 12.4. The Labute approximate surface area is 194 Å². The molecule has 0 saturated heterocycles. The SMILES string of the molecule is C[Si]1(C)CC[Si](C)(C)C2=C=C1C1=C=C([Si](C)(C)CC[Si]1(C)C)[Si](C)(C)CC[Si]2(C)C. The topological polar surface area (TPSA) is 0 Å². The van der Waals surface area contributed by atoms with E-state index in [2.05, 4.69) is 90.0 Å². The highest BCUT2D eigenvalue weighted by Gasteiger charge is 2.49. The maximum absolute atomic E-state index is 4.42. The van der Waals surface area contributed by atoms with Gasteiger partial charge in [-0.3, -0.25) is 0 Å². The second-order valence-electron chi connectivity index (χ2n) is 14.6. The van der Waals surface area contributed by atoms with Crippen LogP contribution < -0.4 is 0 Å². The van der Waals surface area contributed by atoms with Gasteiger partial charge in [0.15, 0.2) is 0 Å². The van der Waals surface area contributed by atoms with Crippen molar-refractivity contribution >= 4 is 48.4 Å². The molecule has 0 unspecified atom stereocenters. The predicted molar refractivity (Wildman–Crippen MR) is 155 cm³/mol. The smallest absolute Gasteiger partial charge is 0.0909 e. The van der Waals surface area contributed by atoms with Crippen molar-refractivity contribution in [3.8, 4) is 0 Å². The molecule has 0 amide bonds. The Morgan fingerprint density at radius 3 is 0.800 bits per heavy atom. The molecular formula is C24H48Si6. The zero-order valence-corrected chi connectivity index (χ0v) is 28.2. The molecule has 4 bridgehead atoms. The number of fused-ring (bicyclic) bond motifs is 1. The molecule has 0 aliphatic carbocycles. The second-order valence-corrected chi connectivity index (χ2v) is 44.2. The van der Waals surface area contributed by atoms with E-state index >= 15 is 0 Å². The van der Waals surface area contributed by atoms with Crippen molar-refractivity contribution in [2.24, 2.45) is 0 Å². The highest BCUT2D eigenvalue weighted by atomic mass is 28.4. The second kappa shape index (κ2) is 7.42. The van der Waals surface area contributed by atoms with Crippen molar-refractivity contribution in [3.63, 3.8) is 0 Å². The van der Waals surface area contributed by atoms with Crippen LogP contribution in [0.15, 0.2) is 31.5 Å². The summed E-state index contributed by atoms with van der Waals surface area (Å²) >= 11 is 0. The molecule has 3 aliphatic heterocycles. The molecule has 0 aromatic rings. The summed E-state index contributed by atoms with van der Waals surface area (Å²) in [6.45, 7) is 32.3. The van der Waals surface area contributed by atoms with Gasteiger partial charge in [0.25, 0.3) is 0 Å². The molecule has 168 valence electrons. The summed E-state index contributed by atoms with van der Waals surface area (Å²) in [5.74, 6) is 0. The predicted octanol–water partition coefficient (Wildman–Crippen LogP) is 8.42. The average Bonchev–Trinajstić information content (AvgIpc) is 2.73. The van der Waals surface area contributed by atoms with Crippen LogP contribution in [0.4, 0.5) is 0 Å². The van der Waals surface area contributed by atoms with E-state index in [1.165, 1.54) is 36.3 Å². The van der Waals surface area contributed by atoms with Gasteiger partial charge in [0.1, 0.15) is 0 Å². The fraction of sp³-hybridized carbons (Fsp3) is 0.750. The molecule has 0 atom stereocenters. The molecule has 0 aromatic heterocycles. The van der Waals surface area contributed by atoms with Gasteiger partial charge >= 0.3 is 0 Å². The number of allylic oxidation sites excluding steroid dienone is 2. The van der Waals surface area contributed by atoms with Crippen molar-refractivity contribution in [3.05, 3.63) is 31.5 Å². The van der Waals surface area contributed by atoms with Gasteiger partial charge in [-0.1, -0.05) is 124 Å². The molecule has 6 heteroatoms. The lowest BCUT2D eigenvalue weighted by atomic mass is 10.5. The Kier molecular flexibility index (Phi) is 6.18. The highest BCUT2D eigenvalue weighted by molar-refractivity contribution is 7.10. The molecule has 0 fully saturated rings. The normalized spacial score (nSPS) is 30.5. The van der Waals surface area contributed by atoms with Crippen LogP contribution >= 0.6 is 0 Å². The summed E-state index contributed by atoms with van der Waals surface area (Å²) in [5.41, 5.74) is 8.84. The Morgan fingerprint density at radius 1 is 0.367 bits per heavy atom. The minimum atomic E-state index is -1.49. The Balaban J connectivity index is 2.54. The molecule has 30 heavy (non-hydrogen) atoms. The van der Waals surface area contributed by atoms with E-state index in [1.807, 2.05) is 9.64 Å². The molecule has 3 rings (SSSR count). The van der Waals surface area contributed by atoms with Crippen molar-refractivity contribution < 1.29 is 0 Å². The number of hydrogen-bond acceptors (Lipinski definition) is 0. The average molecular weight is 505 g/mol. The van der Waals surface area contributed by atoms with Crippen LogP contribution in [0.3, 0.4) is 0 Å². The molecule has 0 saturated carbocycles. The number of hydrogen-bond donors (Lipinski definition) is 0. The van der Waals surface area contributed by atoms with Crippen LogP contribution in [0.1, 0.15) is 0 Å². The zero-order chi connectivity index (χ0) is 23.0. The van der Waals surface area contributed by atoms with Crippen LogP contribution in [0.25, 0.3) is 0 Å². The van der Waals surface area contributed by atoms with E-state index in [1.54, 1.807) is 10.4 Å². The maximum Gasteiger partial charge on any atom is 0.0909 e. The lowest BCUT2D eigenvalue weighted by Gasteiger charge is -2.39. The summed E-state index contributed by atoms with van der Waals surface area (Å²) in [4.78, 5) is 3.83. The van der Waals surface area contributed by atoms with Gasteiger partial charge in [-0.15, -0.1) is 11.5 Å². The minimum absolute atomic E-state index is 1.38. The first-order chi connectivity index (χ1) is 13.3. The molecule has 0 nitrogen and oxygen atoms in total. The Hall–Kier alpha value is 0.341. The summed E-state index contributed by atoms with van der Waals surface area (Å²) < 4.78 is 0. The fourth-order valence-electron chi connectivity index (χ4n) is 6.52. The summed E-state index contributed by atoms with van der Waals surface area (Å²) in [6.07, 6.45) is 0. The van der Waals surface area contributed by atoms with Crippen molar-refractivity contribution in [1.82, 2.24) is 0 Å². The standard InChI is InChI=1S/C24H48Si6/c1-25(2)13-15-27(5,6)23-19-21(25)22-20-24(28(7,8)16-14-26(22,3)4)30(11,12)18-17-29(23,9)10/h13-18H2,1-12H3. The fourth-order valence-corrected chi connectivity index (χ4v) is 46.0. The van der Waals surface area contributed by atoms with E-state index in [0.717, 1.165) is 0 Å². The van der Waals surface area contributed by atoms with E-state index in [0.29, 0.717) is 0 Å². The van der Waals surface area contributed by atoms with E-state index in [4.69, 9.17) is 0 Å². The van der Waals surface area contributed by atoms with Gasteiger partial charge in [0.05, 0.1) is 48.4 Å². The minimum Gasteiger partial charge on any atom is -0.131 e. The highest BCUT2D eigenvalue weighted by Crippen LogP contribution is 2.47. The van der Waals surface area contributed by atoms with Crippen LogP contribution in [0.5, 0.6) is 0 Å². The Morgan fingerprint density at radius 2 is 0.567 bits per heavy atom. The first kappa shape index (κ1) is 25.0. The van der Waals surface area contributed by atoms with E-state index < -0.39 is 48.4 Å². The maximum atomic E-state index is 4.42. The quantitative estimate of drug-likeness (QED) is 0.229. The third kappa shape index (κ3) is 4.41. The van der Waals surface area contributed by atoms with Crippen molar-refractivity contribution in [2.45, 2.75) is 115 Å².